The Kier molecular flexibility index (Phi) is 9.24. The fourth-order valence-corrected chi connectivity index (χ4v) is 8.12. The largest absolute Gasteiger partial charge is 0.497 e. The first-order valence-corrected chi connectivity index (χ1v) is 16.0. The zero-order valence-electron chi connectivity index (χ0n) is 25.3. The molecule has 6 nitrogen and oxygen atoms in total. The second-order valence-electron chi connectivity index (χ2n) is 12.8. The number of aromatic nitrogens is 1. The Morgan fingerprint density at radius 1 is 1.15 bits per heavy atom. The van der Waals surface area contributed by atoms with Gasteiger partial charge in [-0.25, -0.2) is 4.98 Å². The molecule has 1 aromatic carbocycles. The molecule has 7 heteroatoms. The summed E-state index contributed by atoms with van der Waals surface area (Å²) in [5.41, 5.74) is 3.48. The van der Waals surface area contributed by atoms with Gasteiger partial charge in [-0.3, -0.25) is 4.79 Å². The number of aliphatic hydroxyl groups is 1. The highest BCUT2D eigenvalue weighted by Gasteiger charge is 2.41. The lowest BCUT2D eigenvalue weighted by molar-refractivity contribution is -0.124. The number of carbonyl (C=O) groups excluding carboxylic acids is 1. The smallest absolute Gasteiger partial charge is 0.273 e. The SMILES string of the molecule is COC1=C(C)CC(C)([C@@H]2CC[C@@H](CN(C(=O)C3CCC(O)CC3)c3cccc(-c4cnc(OC)s4)c3)C(C)C2)C=C1. The van der Waals surface area contributed by atoms with Gasteiger partial charge in [0.1, 0.15) is 5.76 Å². The Labute approximate surface area is 249 Å². The molecule has 222 valence electrons. The van der Waals surface area contributed by atoms with E-state index in [4.69, 9.17) is 9.47 Å². The lowest BCUT2D eigenvalue weighted by atomic mass is 9.61. The van der Waals surface area contributed by atoms with Crippen LogP contribution >= 0.6 is 11.3 Å². The van der Waals surface area contributed by atoms with E-state index in [2.05, 4.69) is 61.0 Å². The van der Waals surface area contributed by atoms with Crippen LogP contribution < -0.4 is 9.64 Å². The summed E-state index contributed by atoms with van der Waals surface area (Å²) >= 11 is 1.51. The number of ether oxygens (including phenoxy) is 2. The first-order chi connectivity index (χ1) is 19.7. The molecule has 0 saturated heterocycles. The summed E-state index contributed by atoms with van der Waals surface area (Å²) in [6.07, 6.45) is 13.5. The van der Waals surface area contributed by atoms with Crippen LogP contribution in [0.25, 0.3) is 10.4 Å². The highest BCUT2D eigenvalue weighted by molar-refractivity contribution is 7.16. The van der Waals surface area contributed by atoms with Crippen molar-refractivity contribution in [3.05, 3.63) is 53.9 Å². The summed E-state index contributed by atoms with van der Waals surface area (Å²) in [4.78, 5) is 21.6. The van der Waals surface area contributed by atoms with Gasteiger partial charge in [-0.1, -0.05) is 43.4 Å². The molecular weight excluding hydrogens is 532 g/mol. The summed E-state index contributed by atoms with van der Waals surface area (Å²) in [6.45, 7) is 7.72. The minimum atomic E-state index is -0.277. The van der Waals surface area contributed by atoms with Crippen molar-refractivity contribution in [1.29, 1.82) is 0 Å². The van der Waals surface area contributed by atoms with E-state index >= 15 is 0 Å². The van der Waals surface area contributed by atoms with Crippen molar-refractivity contribution in [1.82, 2.24) is 4.98 Å². The van der Waals surface area contributed by atoms with E-state index in [1.54, 1.807) is 14.2 Å². The number of carbonyl (C=O) groups is 1. The van der Waals surface area contributed by atoms with Gasteiger partial charge in [0.25, 0.3) is 5.19 Å². The molecule has 1 heterocycles. The molecule has 3 aliphatic carbocycles. The molecule has 2 saturated carbocycles. The summed E-state index contributed by atoms with van der Waals surface area (Å²) < 4.78 is 10.9. The monoisotopic (exact) mass is 578 g/mol. The quantitative estimate of drug-likeness (QED) is 0.349. The highest BCUT2D eigenvalue weighted by Crippen LogP contribution is 2.49. The van der Waals surface area contributed by atoms with Crippen molar-refractivity contribution in [2.24, 2.45) is 29.1 Å². The Hall–Kier alpha value is -2.64. The van der Waals surface area contributed by atoms with Crippen molar-refractivity contribution < 1.29 is 19.4 Å². The fourth-order valence-electron chi connectivity index (χ4n) is 7.39. The number of anilines is 1. The van der Waals surface area contributed by atoms with Crippen LogP contribution in [0.15, 0.2) is 53.9 Å². The third kappa shape index (κ3) is 6.56. The highest BCUT2D eigenvalue weighted by atomic mass is 32.1. The van der Waals surface area contributed by atoms with E-state index in [0.29, 0.717) is 35.8 Å². The normalized spacial score (nSPS) is 30.2. The average Bonchev–Trinajstić information content (AvgIpc) is 3.46. The second kappa shape index (κ2) is 12.7. The van der Waals surface area contributed by atoms with Crippen LogP contribution in [-0.2, 0) is 9.53 Å². The van der Waals surface area contributed by atoms with Crippen molar-refractivity contribution >= 4 is 22.9 Å². The van der Waals surface area contributed by atoms with Crippen LogP contribution in [-0.4, -0.2) is 42.9 Å². The third-order valence-corrected chi connectivity index (χ3v) is 11.0. The number of thiazole rings is 1. The molecule has 2 aromatic rings. The first kappa shape index (κ1) is 29.8. The average molecular weight is 579 g/mol. The Balaban J connectivity index is 1.35. The number of rotatable bonds is 8. The Bertz CT molecular complexity index is 1280. The summed E-state index contributed by atoms with van der Waals surface area (Å²) in [5, 5.41) is 10.7. The Morgan fingerprint density at radius 3 is 2.59 bits per heavy atom. The van der Waals surface area contributed by atoms with Crippen molar-refractivity contribution in [2.75, 3.05) is 25.7 Å². The minimum Gasteiger partial charge on any atom is -0.497 e. The van der Waals surface area contributed by atoms with Crippen LogP contribution in [0.1, 0.15) is 72.1 Å². The Morgan fingerprint density at radius 2 is 1.93 bits per heavy atom. The van der Waals surface area contributed by atoms with E-state index in [1.165, 1.54) is 29.8 Å². The van der Waals surface area contributed by atoms with Crippen LogP contribution in [0.2, 0.25) is 0 Å². The number of hydrogen-bond donors (Lipinski definition) is 1. The number of nitrogens with zero attached hydrogens (tertiary/aromatic N) is 2. The number of allylic oxidation sites excluding steroid dienone is 3. The van der Waals surface area contributed by atoms with E-state index in [-0.39, 0.29) is 23.3 Å². The van der Waals surface area contributed by atoms with Crippen LogP contribution in [0, 0.1) is 29.1 Å². The zero-order chi connectivity index (χ0) is 29.1. The van der Waals surface area contributed by atoms with Gasteiger partial charge >= 0.3 is 0 Å². The number of benzene rings is 1. The summed E-state index contributed by atoms with van der Waals surface area (Å²) in [6, 6.07) is 8.33. The molecule has 1 aromatic heterocycles. The second-order valence-corrected chi connectivity index (χ2v) is 13.8. The molecule has 3 aliphatic rings. The van der Waals surface area contributed by atoms with E-state index in [0.717, 1.165) is 54.1 Å². The number of amides is 1. The maximum absolute atomic E-state index is 14.1. The van der Waals surface area contributed by atoms with Crippen molar-refractivity contribution in [3.8, 4) is 15.6 Å². The molecule has 41 heavy (non-hydrogen) atoms. The third-order valence-electron chi connectivity index (χ3n) is 10.0. The molecule has 0 spiro atoms. The van der Waals surface area contributed by atoms with E-state index in [1.807, 2.05) is 12.3 Å². The van der Waals surface area contributed by atoms with Crippen LogP contribution in [0.5, 0.6) is 5.19 Å². The summed E-state index contributed by atoms with van der Waals surface area (Å²) in [5.74, 6) is 2.76. The van der Waals surface area contributed by atoms with Crippen molar-refractivity contribution in [3.63, 3.8) is 0 Å². The van der Waals surface area contributed by atoms with Gasteiger partial charge in [0, 0.05) is 24.3 Å². The number of methoxy groups -OCH3 is 2. The molecule has 1 N–H and O–H groups in total. The molecule has 0 aliphatic heterocycles. The standard InChI is InChI=1S/C34H46N2O4S/c1-22-17-27(34(3)16-15-30(39-4)23(2)19-34)12-9-26(22)21-36(32(38)24-10-13-29(37)14-11-24)28-8-6-7-25(18-28)31-20-35-33(40-5)41-31/h6-8,15-16,18,20,22,24,26-27,29,37H,9-14,17,19,21H2,1-5H3/t22?,24?,26-,27+,29?,34?/m0/s1. The maximum atomic E-state index is 14.1. The van der Waals surface area contributed by atoms with Gasteiger partial charge in [-0.15, -0.1) is 0 Å². The minimum absolute atomic E-state index is 0.0340. The molecule has 5 rings (SSSR count). The molecule has 4 atom stereocenters. The van der Waals surface area contributed by atoms with E-state index < -0.39 is 0 Å². The van der Waals surface area contributed by atoms with Crippen LogP contribution in [0.4, 0.5) is 5.69 Å². The lowest BCUT2D eigenvalue weighted by Gasteiger charge is -2.45. The number of hydrogen-bond acceptors (Lipinski definition) is 6. The molecule has 2 unspecified atom stereocenters. The zero-order valence-corrected chi connectivity index (χ0v) is 26.1. The molecule has 0 radical (unpaired) electrons. The first-order valence-electron chi connectivity index (χ1n) is 15.2. The summed E-state index contributed by atoms with van der Waals surface area (Å²) in [7, 11) is 3.39. The van der Waals surface area contributed by atoms with Gasteiger partial charge in [0.15, 0.2) is 0 Å². The maximum Gasteiger partial charge on any atom is 0.273 e. The topological polar surface area (TPSA) is 71.9 Å². The van der Waals surface area contributed by atoms with Gasteiger partial charge in [-0.2, -0.15) is 0 Å². The predicted octanol–water partition coefficient (Wildman–Crippen LogP) is 7.64. The van der Waals surface area contributed by atoms with E-state index in [9.17, 15) is 9.90 Å². The van der Waals surface area contributed by atoms with Crippen LogP contribution in [0.3, 0.4) is 0 Å². The lowest BCUT2D eigenvalue weighted by Crippen LogP contribution is -2.44. The molecule has 0 bridgehead atoms. The van der Waals surface area contributed by atoms with Gasteiger partial charge in [0.05, 0.1) is 25.2 Å². The number of aliphatic hydroxyl groups excluding tert-OH is 1. The fraction of sp³-hybridized carbons (Fsp3) is 0.588. The van der Waals surface area contributed by atoms with Gasteiger partial charge < -0.3 is 19.5 Å². The molecule has 2 fully saturated rings. The van der Waals surface area contributed by atoms with Crippen molar-refractivity contribution in [2.45, 2.75) is 78.2 Å². The molecular formula is C34H46N2O4S. The van der Waals surface area contributed by atoms with Gasteiger partial charge in [0.2, 0.25) is 5.91 Å². The van der Waals surface area contributed by atoms with Gasteiger partial charge in [-0.05, 0) is 111 Å². The predicted molar refractivity (Wildman–Crippen MR) is 166 cm³/mol. The molecule has 1 amide bonds.